The lowest BCUT2D eigenvalue weighted by Crippen LogP contribution is -2.63. The number of rotatable bonds is 7. The molecule has 2 fully saturated rings. The molecule has 2 aliphatic heterocycles. The van der Waals surface area contributed by atoms with Crippen LogP contribution in [0.3, 0.4) is 0 Å². The van der Waals surface area contributed by atoms with Crippen molar-refractivity contribution in [1.29, 1.82) is 5.26 Å². The molecular weight excluding hydrogens is 681 g/mol. The molecule has 0 spiro atoms. The van der Waals surface area contributed by atoms with Crippen LogP contribution in [0.2, 0.25) is 0 Å². The third-order valence-electron chi connectivity index (χ3n) is 8.04. The van der Waals surface area contributed by atoms with Crippen molar-refractivity contribution in [3.05, 3.63) is 64.0 Å². The predicted molar refractivity (Wildman–Crippen MR) is 155 cm³/mol. The van der Waals surface area contributed by atoms with E-state index >= 15 is 0 Å². The van der Waals surface area contributed by atoms with E-state index in [1.807, 2.05) is 6.07 Å². The van der Waals surface area contributed by atoms with Crippen molar-refractivity contribution >= 4 is 33.4 Å². The SMILES string of the molecule is CO[C@@H]1[C@@H](n2cc(-c3cc(F)c(F)c(F)c3)nn2)[C@@H](O)[C@@H](CO)O[C@H]1C(=O)N(c1cc(Br)cc(C#N)c1)[C@@H]1CN(C(C)=O)C[C@H]1O. The summed E-state index contributed by atoms with van der Waals surface area (Å²) in [5, 5.41) is 49.8. The van der Waals surface area contributed by atoms with Gasteiger partial charge in [-0.3, -0.25) is 9.59 Å². The molecule has 0 saturated carbocycles. The van der Waals surface area contributed by atoms with Crippen molar-refractivity contribution in [2.45, 2.75) is 49.5 Å². The van der Waals surface area contributed by atoms with Gasteiger partial charge in [0.1, 0.15) is 30.0 Å². The summed E-state index contributed by atoms with van der Waals surface area (Å²) in [6.45, 7) is 0.425. The monoisotopic (exact) mass is 708 g/mol. The number of carbonyl (C=O) groups excluding carboxylic acids is 2. The van der Waals surface area contributed by atoms with Crippen LogP contribution in [-0.2, 0) is 19.1 Å². The lowest BCUT2D eigenvalue weighted by molar-refractivity contribution is -0.211. The summed E-state index contributed by atoms with van der Waals surface area (Å²) in [6.07, 6.45) is -5.85. The minimum atomic E-state index is -1.67. The van der Waals surface area contributed by atoms with E-state index in [1.54, 1.807) is 0 Å². The van der Waals surface area contributed by atoms with E-state index in [2.05, 4.69) is 26.2 Å². The predicted octanol–water partition coefficient (Wildman–Crippen LogP) is 1.30. The third-order valence-corrected chi connectivity index (χ3v) is 8.50. The summed E-state index contributed by atoms with van der Waals surface area (Å²) in [5.74, 6) is -5.72. The maximum atomic E-state index is 14.5. The van der Waals surface area contributed by atoms with Gasteiger partial charge in [0.2, 0.25) is 5.91 Å². The first-order valence-corrected chi connectivity index (χ1v) is 14.7. The zero-order chi connectivity index (χ0) is 33.4. The maximum absolute atomic E-state index is 14.5. The van der Waals surface area contributed by atoms with E-state index in [4.69, 9.17) is 9.47 Å². The summed E-state index contributed by atoms with van der Waals surface area (Å²) in [4.78, 5) is 29.3. The van der Waals surface area contributed by atoms with Crippen molar-refractivity contribution in [2.75, 3.05) is 31.7 Å². The molecule has 244 valence electrons. The van der Waals surface area contributed by atoms with Crippen LogP contribution in [0, 0.1) is 28.8 Å². The fraction of sp³-hybridized carbons (Fsp3) is 0.414. The van der Waals surface area contributed by atoms with Gasteiger partial charge in [-0.15, -0.1) is 5.10 Å². The quantitative estimate of drug-likeness (QED) is 0.304. The Balaban J connectivity index is 1.57. The fourth-order valence-electron chi connectivity index (χ4n) is 5.79. The summed E-state index contributed by atoms with van der Waals surface area (Å²) in [5.41, 5.74) is 0.0866. The van der Waals surface area contributed by atoms with Crippen molar-refractivity contribution in [1.82, 2.24) is 19.9 Å². The number of likely N-dealkylation sites (tertiary alicyclic amines) is 1. The zero-order valence-corrected chi connectivity index (χ0v) is 25.9. The Hall–Kier alpha value is -3.92. The van der Waals surface area contributed by atoms with Crippen molar-refractivity contribution in [2.24, 2.45) is 0 Å². The van der Waals surface area contributed by atoms with Gasteiger partial charge >= 0.3 is 0 Å². The van der Waals surface area contributed by atoms with Gasteiger partial charge in [-0.25, -0.2) is 17.9 Å². The Kier molecular flexibility index (Phi) is 9.77. The van der Waals surface area contributed by atoms with Gasteiger partial charge in [0.05, 0.1) is 36.6 Å². The molecule has 2 aromatic carbocycles. The van der Waals surface area contributed by atoms with Crippen LogP contribution in [-0.4, -0.2) is 110 Å². The van der Waals surface area contributed by atoms with Gasteiger partial charge in [-0.1, -0.05) is 21.1 Å². The number of anilines is 1. The number of nitrogens with zero attached hydrogens (tertiary/aromatic N) is 6. The molecule has 3 heterocycles. The number of benzene rings is 2. The van der Waals surface area contributed by atoms with Gasteiger partial charge in [0, 0.05) is 42.8 Å². The molecule has 0 unspecified atom stereocenters. The lowest BCUT2D eigenvalue weighted by Gasteiger charge is -2.45. The number of carbonyl (C=O) groups is 2. The van der Waals surface area contributed by atoms with Crippen molar-refractivity contribution < 1.29 is 47.6 Å². The number of amides is 2. The molecule has 2 saturated heterocycles. The number of halogens is 4. The number of methoxy groups -OCH3 is 1. The topological polar surface area (TPSA) is 174 Å². The van der Waals surface area contributed by atoms with E-state index in [1.165, 1.54) is 48.2 Å². The smallest absolute Gasteiger partial charge is 0.259 e. The van der Waals surface area contributed by atoms with Gasteiger partial charge in [0.15, 0.2) is 23.6 Å². The van der Waals surface area contributed by atoms with E-state index in [-0.39, 0.29) is 41.5 Å². The molecule has 1 aromatic heterocycles. The molecule has 0 bridgehead atoms. The second-order valence-electron chi connectivity index (χ2n) is 10.9. The van der Waals surface area contributed by atoms with Crippen LogP contribution < -0.4 is 4.90 Å². The standard InChI is InChI=1S/C29H28BrF3N6O7/c1-13(41)37-10-21(22(42)11-37)39(17-4-14(8-34)3-16(30)7-17)29(44)28-27(45-2)25(26(43)23(12-40)46-28)38-9-20(35-36-38)15-5-18(31)24(33)19(32)6-15/h3-7,9,21-23,25-28,40,42-43H,10-12H2,1-2H3/t21-,22-,23-,25+,26+,27-,28-/m1/s1. The number of nitriles is 1. The summed E-state index contributed by atoms with van der Waals surface area (Å²) < 4.78 is 54.5. The number of hydrogen-bond donors (Lipinski definition) is 3. The Morgan fingerprint density at radius 2 is 1.87 bits per heavy atom. The molecule has 46 heavy (non-hydrogen) atoms. The van der Waals surface area contributed by atoms with Crippen molar-refractivity contribution in [3.8, 4) is 17.3 Å². The first-order valence-electron chi connectivity index (χ1n) is 13.9. The molecule has 7 atom stereocenters. The molecule has 0 radical (unpaired) electrons. The molecule has 5 rings (SSSR count). The number of ether oxygens (including phenoxy) is 2. The van der Waals surface area contributed by atoms with E-state index in [0.29, 0.717) is 16.6 Å². The van der Waals surface area contributed by atoms with Gasteiger partial charge in [-0.05, 0) is 30.3 Å². The Morgan fingerprint density at radius 1 is 1.17 bits per heavy atom. The highest BCUT2D eigenvalue weighted by Crippen LogP contribution is 2.36. The minimum Gasteiger partial charge on any atom is -0.394 e. The molecule has 0 aliphatic carbocycles. The second-order valence-corrected chi connectivity index (χ2v) is 11.8. The van der Waals surface area contributed by atoms with E-state index in [9.17, 15) is 43.3 Å². The van der Waals surface area contributed by atoms with Gasteiger partial charge in [-0.2, -0.15) is 5.26 Å². The number of aliphatic hydroxyl groups is 3. The number of aromatic nitrogens is 3. The van der Waals surface area contributed by atoms with Crippen LogP contribution in [0.15, 0.2) is 41.0 Å². The average Bonchev–Trinajstić information content (AvgIpc) is 3.66. The first-order chi connectivity index (χ1) is 21.9. The summed E-state index contributed by atoms with van der Waals surface area (Å²) in [7, 11) is 1.23. The third kappa shape index (κ3) is 6.24. The number of aliphatic hydroxyl groups excluding tert-OH is 3. The minimum absolute atomic E-state index is 0.0618. The first kappa shape index (κ1) is 33.4. The normalized spacial score (nSPS) is 26.2. The molecule has 2 amide bonds. The molecular formula is C29H28BrF3N6O7. The summed E-state index contributed by atoms with van der Waals surface area (Å²) >= 11 is 3.33. The Morgan fingerprint density at radius 3 is 2.46 bits per heavy atom. The highest BCUT2D eigenvalue weighted by Gasteiger charge is 2.52. The van der Waals surface area contributed by atoms with Crippen LogP contribution in [0.1, 0.15) is 18.5 Å². The molecule has 13 nitrogen and oxygen atoms in total. The fourth-order valence-corrected chi connectivity index (χ4v) is 6.28. The van der Waals surface area contributed by atoms with Crippen molar-refractivity contribution in [3.63, 3.8) is 0 Å². The molecule has 3 N–H and O–H groups in total. The summed E-state index contributed by atoms with van der Waals surface area (Å²) in [6, 6.07) is 5.62. The second kappa shape index (κ2) is 13.4. The highest BCUT2D eigenvalue weighted by molar-refractivity contribution is 9.10. The highest BCUT2D eigenvalue weighted by atomic mass is 79.9. The van der Waals surface area contributed by atoms with Gasteiger partial charge in [0.25, 0.3) is 5.91 Å². The molecule has 3 aromatic rings. The number of hydrogen-bond acceptors (Lipinski definition) is 10. The van der Waals surface area contributed by atoms with Crippen LogP contribution in [0.4, 0.5) is 18.9 Å². The van der Waals surface area contributed by atoms with Crippen LogP contribution in [0.5, 0.6) is 0 Å². The zero-order valence-electron chi connectivity index (χ0n) is 24.3. The van der Waals surface area contributed by atoms with Crippen LogP contribution >= 0.6 is 15.9 Å². The average molecular weight is 709 g/mol. The molecule has 2 aliphatic rings. The Labute approximate surface area is 268 Å². The lowest BCUT2D eigenvalue weighted by atomic mass is 9.91. The molecule has 17 heteroatoms. The number of β-amino-alcohol motifs (C(OH)–C–C–N with tert-alkyl or cyclic N) is 1. The van der Waals surface area contributed by atoms with E-state index < -0.39 is 72.6 Å². The largest absolute Gasteiger partial charge is 0.394 e. The van der Waals surface area contributed by atoms with Crippen LogP contribution in [0.25, 0.3) is 11.3 Å². The van der Waals surface area contributed by atoms with Gasteiger partial charge < -0.3 is 34.6 Å². The maximum Gasteiger partial charge on any atom is 0.259 e. The Bertz CT molecular complexity index is 1670. The van der Waals surface area contributed by atoms with E-state index in [0.717, 1.165) is 4.68 Å².